The number of amides is 3. The van der Waals surface area contributed by atoms with Crippen molar-refractivity contribution in [1.82, 2.24) is 9.21 Å². The van der Waals surface area contributed by atoms with Crippen LogP contribution in [0.25, 0.3) is 0 Å². The normalized spacial score (nSPS) is 20.1. The fraction of sp³-hybridized carbons (Fsp3) is 0.429. The molecule has 1 aliphatic heterocycles. The van der Waals surface area contributed by atoms with Crippen LogP contribution in [0.5, 0.6) is 5.75 Å². The van der Waals surface area contributed by atoms with Gasteiger partial charge in [0.15, 0.2) is 0 Å². The highest BCUT2D eigenvalue weighted by molar-refractivity contribution is 7.89. The summed E-state index contributed by atoms with van der Waals surface area (Å²) >= 11 is 0. The zero-order valence-electron chi connectivity index (χ0n) is 28.1. The van der Waals surface area contributed by atoms with Crippen LogP contribution in [0.2, 0.25) is 0 Å². The van der Waals surface area contributed by atoms with Crippen molar-refractivity contribution in [3.63, 3.8) is 0 Å². The highest BCUT2D eigenvalue weighted by atomic mass is 32.2. The molecule has 3 amide bonds. The second kappa shape index (κ2) is 17.0. The van der Waals surface area contributed by atoms with Gasteiger partial charge in [0.1, 0.15) is 17.4 Å². The van der Waals surface area contributed by atoms with E-state index in [4.69, 9.17) is 9.47 Å². The van der Waals surface area contributed by atoms with E-state index in [0.717, 1.165) is 22.9 Å². The molecular weight excluding hydrogens is 658 g/mol. The van der Waals surface area contributed by atoms with E-state index >= 15 is 0 Å². The van der Waals surface area contributed by atoms with Crippen LogP contribution in [0, 0.1) is 17.6 Å². The molecule has 1 heterocycles. The zero-order valence-corrected chi connectivity index (χ0v) is 28.9. The number of aliphatic hydroxyl groups is 1. The summed E-state index contributed by atoms with van der Waals surface area (Å²) in [5.74, 6) is -1.57. The number of fused-ring (bicyclic) bond motifs is 1. The second-order valence-electron chi connectivity index (χ2n) is 12.3. The Morgan fingerprint density at radius 2 is 1.61 bits per heavy atom. The summed E-state index contributed by atoms with van der Waals surface area (Å²) in [4.78, 5) is 28.5. The Morgan fingerprint density at radius 3 is 2.27 bits per heavy atom. The first-order valence-electron chi connectivity index (χ1n) is 16.2. The number of aliphatic hydroxyl groups excluding tert-OH is 1. The van der Waals surface area contributed by atoms with Crippen molar-refractivity contribution < 1.29 is 41.4 Å². The number of ether oxygens (including phenoxy) is 2. The number of carbonyl (C=O) groups is 2. The number of sulfonamides is 1. The average molecular weight is 703 g/mol. The van der Waals surface area contributed by atoms with Crippen LogP contribution in [0.3, 0.4) is 0 Å². The van der Waals surface area contributed by atoms with Crippen LogP contribution in [-0.4, -0.2) is 86.3 Å². The van der Waals surface area contributed by atoms with Crippen molar-refractivity contribution in [2.24, 2.45) is 5.92 Å². The fourth-order valence-corrected chi connectivity index (χ4v) is 6.61. The predicted molar refractivity (Wildman–Crippen MR) is 182 cm³/mol. The molecule has 0 bridgehead atoms. The number of hydrogen-bond donors (Lipinski definition) is 3. The molecule has 4 rings (SSSR count). The van der Waals surface area contributed by atoms with Crippen molar-refractivity contribution in [1.29, 1.82) is 0 Å². The van der Waals surface area contributed by atoms with E-state index in [1.165, 1.54) is 54.4 Å². The molecule has 3 N–H and O–H groups in total. The first-order valence-corrected chi connectivity index (χ1v) is 17.6. The summed E-state index contributed by atoms with van der Waals surface area (Å²) in [5, 5.41) is 15.5. The lowest BCUT2D eigenvalue weighted by Crippen LogP contribution is -2.48. The Morgan fingerprint density at radius 1 is 1.00 bits per heavy atom. The van der Waals surface area contributed by atoms with Crippen molar-refractivity contribution in [2.75, 3.05) is 44.0 Å². The summed E-state index contributed by atoms with van der Waals surface area (Å²) in [7, 11) is -2.55. The summed E-state index contributed by atoms with van der Waals surface area (Å²) < 4.78 is 67.1. The number of anilines is 2. The Bertz CT molecular complexity index is 1680. The Labute approximate surface area is 286 Å². The quantitative estimate of drug-likeness (QED) is 0.273. The summed E-state index contributed by atoms with van der Waals surface area (Å²) in [6, 6.07) is 13.3. The van der Waals surface area contributed by atoms with Crippen LogP contribution >= 0.6 is 0 Å². The third-order valence-corrected chi connectivity index (χ3v) is 10.2. The molecule has 0 aliphatic carbocycles. The zero-order chi connectivity index (χ0) is 35.7. The molecule has 0 aromatic heterocycles. The monoisotopic (exact) mass is 702 g/mol. The lowest BCUT2D eigenvalue weighted by atomic mass is 10.0. The molecule has 3 aromatic rings. The molecule has 0 unspecified atom stereocenters. The maximum absolute atomic E-state index is 14.3. The van der Waals surface area contributed by atoms with E-state index < -0.39 is 51.7 Å². The first-order chi connectivity index (χ1) is 23.3. The van der Waals surface area contributed by atoms with E-state index in [9.17, 15) is 31.9 Å². The SMILES string of the molecule is C[C@@H]1CCCCO[C@@H](CN(C)S(=O)(=O)c2ccc(F)cc2)[C@H](C)CN([C@@H](C)CO)C(=O)c2cc(NC(=O)Nc3ccc(F)cc3)ccc2O1. The highest BCUT2D eigenvalue weighted by Crippen LogP contribution is 2.29. The number of rotatable bonds is 8. The van der Waals surface area contributed by atoms with Crippen molar-refractivity contribution >= 4 is 33.3 Å². The number of hydrogen-bond acceptors (Lipinski definition) is 7. The Balaban J connectivity index is 1.62. The van der Waals surface area contributed by atoms with Crippen LogP contribution in [0.4, 0.5) is 25.0 Å². The number of urea groups is 1. The van der Waals surface area contributed by atoms with Gasteiger partial charge in [-0.2, -0.15) is 4.31 Å². The van der Waals surface area contributed by atoms with Gasteiger partial charge in [0, 0.05) is 44.0 Å². The molecule has 0 spiro atoms. The molecule has 49 heavy (non-hydrogen) atoms. The van der Waals surface area contributed by atoms with E-state index in [2.05, 4.69) is 10.6 Å². The van der Waals surface area contributed by atoms with Gasteiger partial charge in [0.05, 0.1) is 35.3 Å². The van der Waals surface area contributed by atoms with Crippen molar-refractivity contribution in [2.45, 2.75) is 63.2 Å². The molecule has 11 nitrogen and oxygen atoms in total. The van der Waals surface area contributed by atoms with Crippen LogP contribution in [0.1, 0.15) is 50.4 Å². The minimum Gasteiger partial charge on any atom is -0.490 e. The van der Waals surface area contributed by atoms with Gasteiger partial charge in [-0.05, 0) is 99.8 Å². The summed E-state index contributed by atoms with van der Waals surface area (Å²) in [6.45, 7) is 5.47. The van der Waals surface area contributed by atoms with Gasteiger partial charge in [-0.15, -0.1) is 0 Å². The topological polar surface area (TPSA) is 138 Å². The van der Waals surface area contributed by atoms with Crippen molar-refractivity contribution in [3.05, 3.63) is 83.9 Å². The number of benzene rings is 3. The van der Waals surface area contributed by atoms with Gasteiger partial charge in [-0.3, -0.25) is 4.79 Å². The molecule has 3 aromatic carbocycles. The van der Waals surface area contributed by atoms with Gasteiger partial charge < -0.3 is 30.1 Å². The van der Waals surface area contributed by atoms with Gasteiger partial charge in [-0.25, -0.2) is 22.0 Å². The lowest BCUT2D eigenvalue weighted by molar-refractivity contribution is -0.00834. The standard InChI is InChI=1S/C35H44F2N4O7S/c1-23-20-41(24(2)22-42)34(43)31-19-29(39-35(44)38-28-12-8-26(36)9-13-28)14-17-32(31)48-25(3)7-5-6-18-47-33(23)21-40(4)49(45,46)30-15-10-27(37)11-16-30/h8-17,19,23-25,33,42H,5-7,18,20-22H2,1-4H3,(H2,38,39,44)/t23-,24+,25-,33+/m1/s1. The van der Waals surface area contributed by atoms with Crippen molar-refractivity contribution in [3.8, 4) is 5.75 Å². The highest BCUT2D eigenvalue weighted by Gasteiger charge is 2.32. The molecule has 266 valence electrons. The average Bonchev–Trinajstić information content (AvgIpc) is 3.07. The number of halogens is 2. The van der Waals surface area contributed by atoms with E-state index in [1.807, 2.05) is 13.8 Å². The number of carbonyl (C=O) groups excluding carboxylic acids is 2. The van der Waals surface area contributed by atoms with Gasteiger partial charge in [-0.1, -0.05) is 6.92 Å². The van der Waals surface area contributed by atoms with E-state index in [-0.39, 0.29) is 36.3 Å². The van der Waals surface area contributed by atoms with Gasteiger partial charge in [0.25, 0.3) is 5.91 Å². The lowest BCUT2D eigenvalue weighted by Gasteiger charge is -2.35. The smallest absolute Gasteiger partial charge is 0.323 e. The first kappa shape index (κ1) is 37.7. The molecule has 0 radical (unpaired) electrons. The minimum atomic E-state index is -3.98. The third kappa shape index (κ3) is 10.2. The number of likely N-dealkylation sites (N-methyl/N-ethyl adjacent to an activating group) is 1. The van der Waals surface area contributed by atoms with E-state index in [1.54, 1.807) is 19.1 Å². The number of nitrogens with zero attached hydrogens (tertiary/aromatic N) is 2. The molecule has 1 aliphatic rings. The largest absolute Gasteiger partial charge is 0.490 e. The van der Waals surface area contributed by atoms with Gasteiger partial charge in [0.2, 0.25) is 10.0 Å². The minimum absolute atomic E-state index is 0.0379. The number of nitrogens with one attached hydrogen (secondary N) is 2. The Kier molecular flexibility index (Phi) is 13.1. The summed E-state index contributed by atoms with van der Waals surface area (Å²) in [5.41, 5.74) is 0.822. The van der Waals surface area contributed by atoms with Crippen LogP contribution in [0.15, 0.2) is 71.6 Å². The van der Waals surface area contributed by atoms with Crippen LogP contribution in [-0.2, 0) is 14.8 Å². The van der Waals surface area contributed by atoms with Gasteiger partial charge >= 0.3 is 6.03 Å². The van der Waals surface area contributed by atoms with E-state index in [0.29, 0.717) is 36.6 Å². The third-order valence-electron chi connectivity index (χ3n) is 8.37. The molecule has 4 atom stereocenters. The predicted octanol–water partition coefficient (Wildman–Crippen LogP) is 5.73. The molecular formula is C35H44F2N4O7S. The fourth-order valence-electron chi connectivity index (χ4n) is 5.43. The summed E-state index contributed by atoms with van der Waals surface area (Å²) in [6.07, 6.45) is 1.15. The Hall–Kier alpha value is -4.11. The second-order valence-corrected chi connectivity index (χ2v) is 14.4. The molecule has 0 fully saturated rings. The maximum Gasteiger partial charge on any atom is 0.323 e. The molecule has 0 saturated heterocycles. The molecule has 0 saturated carbocycles. The molecule has 14 heteroatoms. The maximum atomic E-state index is 14.3. The van der Waals surface area contributed by atoms with Crippen LogP contribution < -0.4 is 15.4 Å².